The van der Waals surface area contributed by atoms with Gasteiger partial charge in [0.1, 0.15) is 15.8 Å². The Morgan fingerprint density at radius 2 is 2.13 bits per heavy atom. The second-order valence-corrected chi connectivity index (χ2v) is 9.14. The summed E-state index contributed by atoms with van der Waals surface area (Å²) in [6.45, 7) is 1.84. The molecule has 2 aromatic heterocycles. The number of halogens is 1. The largest absolute Gasteiger partial charge is 0.472 e. The van der Waals surface area contributed by atoms with Gasteiger partial charge in [-0.2, -0.15) is 4.98 Å². The van der Waals surface area contributed by atoms with Gasteiger partial charge in [0.25, 0.3) is 0 Å². The van der Waals surface area contributed by atoms with Crippen molar-refractivity contribution in [2.75, 3.05) is 30.4 Å². The highest BCUT2D eigenvalue weighted by molar-refractivity contribution is 7.09. The highest BCUT2D eigenvalue weighted by atomic mass is 35.5. The summed E-state index contributed by atoms with van der Waals surface area (Å²) in [6, 6.07) is 5.82. The molecule has 1 atom stereocenters. The van der Waals surface area contributed by atoms with Crippen molar-refractivity contribution in [1.29, 1.82) is 0 Å². The fourth-order valence-corrected chi connectivity index (χ4v) is 4.91. The van der Waals surface area contributed by atoms with Crippen molar-refractivity contribution in [2.45, 2.75) is 17.9 Å². The van der Waals surface area contributed by atoms with Crippen LogP contribution in [0.4, 0.5) is 17.5 Å². The Bertz CT molecular complexity index is 1180. The van der Waals surface area contributed by atoms with Crippen molar-refractivity contribution in [3.8, 4) is 0 Å². The fraction of sp³-hybridized carbons (Fsp3) is 0.286. The summed E-state index contributed by atoms with van der Waals surface area (Å²) in [7, 11) is 0. The van der Waals surface area contributed by atoms with Crippen molar-refractivity contribution in [3.63, 3.8) is 0 Å². The fourth-order valence-electron chi connectivity index (χ4n) is 3.97. The van der Waals surface area contributed by atoms with Crippen molar-refractivity contribution in [3.05, 3.63) is 62.9 Å². The number of aromatic nitrogens is 3. The van der Waals surface area contributed by atoms with Crippen LogP contribution in [-0.4, -0.2) is 44.9 Å². The van der Waals surface area contributed by atoms with Crippen molar-refractivity contribution in [1.82, 2.24) is 15.0 Å². The van der Waals surface area contributed by atoms with E-state index in [1.165, 1.54) is 6.20 Å². The number of hydrogen-bond donors (Lipinski definition) is 3. The highest BCUT2D eigenvalue weighted by Gasteiger charge is 2.52. The predicted molar refractivity (Wildman–Crippen MR) is 119 cm³/mol. The quantitative estimate of drug-likeness (QED) is 0.500. The number of benzene rings is 1. The SMILES string of the molecule is CC1(c2nccs2)OC1=Cc1ccc2c(c1)N(c1nc(N)ncc1Cl)CC2(CO)CO. The Kier molecular flexibility index (Phi) is 4.67. The molecule has 4 heterocycles. The molecule has 0 amide bonds. The lowest BCUT2D eigenvalue weighted by molar-refractivity contribution is 0.128. The number of nitrogens with two attached hydrogens (primary N) is 1. The first-order chi connectivity index (χ1) is 14.9. The molecule has 160 valence electrons. The van der Waals surface area contributed by atoms with E-state index < -0.39 is 11.0 Å². The molecule has 1 fully saturated rings. The molecular formula is C21H20ClN5O3S. The minimum Gasteiger partial charge on any atom is -0.472 e. The van der Waals surface area contributed by atoms with Gasteiger partial charge in [-0.05, 0) is 30.2 Å². The molecule has 31 heavy (non-hydrogen) atoms. The zero-order valence-corrected chi connectivity index (χ0v) is 18.2. The number of fused-ring (bicyclic) bond motifs is 1. The van der Waals surface area contributed by atoms with Gasteiger partial charge < -0.3 is 25.6 Å². The Morgan fingerprint density at radius 3 is 2.84 bits per heavy atom. The molecule has 4 N–H and O–H groups in total. The summed E-state index contributed by atoms with van der Waals surface area (Å²) in [5, 5.41) is 23.4. The van der Waals surface area contributed by atoms with E-state index in [0.29, 0.717) is 17.4 Å². The molecule has 0 saturated carbocycles. The lowest BCUT2D eigenvalue weighted by Crippen LogP contribution is -2.39. The molecule has 0 spiro atoms. The van der Waals surface area contributed by atoms with Gasteiger partial charge in [0, 0.05) is 23.8 Å². The molecule has 1 aromatic carbocycles. The standard InChI is InChI=1S/C21H20ClN5O3S/c1-20(18-24-4-5-31-18)16(30-20)7-12-2-3-13-15(6-12)27(9-21(13,10-28)11-29)17-14(22)8-25-19(23)26-17/h2-8,28-29H,9-11H2,1H3,(H2,23,25,26). The van der Waals surface area contributed by atoms with Gasteiger partial charge in [-0.15, -0.1) is 11.3 Å². The van der Waals surface area contributed by atoms with Gasteiger partial charge >= 0.3 is 0 Å². The van der Waals surface area contributed by atoms with E-state index >= 15 is 0 Å². The molecule has 0 aliphatic carbocycles. The first kappa shape index (κ1) is 20.2. The minimum absolute atomic E-state index is 0.0929. The lowest BCUT2D eigenvalue weighted by atomic mass is 9.83. The summed E-state index contributed by atoms with van der Waals surface area (Å²) in [5.41, 5.74) is 6.94. The summed E-state index contributed by atoms with van der Waals surface area (Å²) in [5.74, 6) is 1.35. The van der Waals surface area contributed by atoms with Crippen LogP contribution in [0.1, 0.15) is 23.1 Å². The van der Waals surface area contributed by atoms with Crippen LogP contribution in [0.25, 0.3) is 6.08 Å². The zero-order valence-electron chi connectivity index (χ0n) is 16.6. The number of ether oxygens (including phenoxy) is 1. The Labute approximate surface area is 187 Å². The van der Waals surface area contributed by atoms with Crippen LogP contribution in [0, 0.1) is 0 Å². The van der Waals surface area contributed by atoms with Gasteiger partial charge in [-0.1, -0.05) is 23.7 Å². The average molecular weight is 458 g/mol. The van der Waals surface area contributed by atoms with Crippen LogP contribution in [0.15, 0.2) is 41.7 Å². The summed E-state index contributed by atoms with van der Waals surface area (Å²) < 4.78 is 5.86. The van der Waals surface area contributed by atoms with Crippen molar-refractivity contribution < 1.29 is 14.9 Å². The number of nitrogen functional groups attached to an aromatic ring is 1. The summed E-state index contributed by atoms with van der Waals surface area (Å²) in [6.07, 6.45) is 5.17. The van der Waals surface area contributed by atoms with Crippen molar-refractivity contribution >= 4 is 46.5 Å². The molecule has 0 bridgehead atoms. The van der Waals surface area contributed by atoms with E-state index in [1.807, 2.05) is 41.5 Å². The van der Waals surface area contributed by atoms with Crippen LogP contribution >= 0.6 is 22.9 Å². The van der Waals surface area contributed by atoms with E-state index in [4.69, 9.17) is 22.1 Å². The second kappa shape index (κ2) is 7.16. The van der Waals surface area contributed by atoms with Gasteiger partial charge in [0.15, 0.2) is 5.82 Å². The van der Waals surface area contributed by atoms with Crippen LogP contribution in [0.3, 0.4) is 0 Å². The molecule has 1 saturated heterocycles. The van der Waals surface area contributed by atoms with Gasteiger partial charge in [0.2, 0.25) is 11.5 Å². The predicted octanol–water partition coefficient (Wildman–Crippen LogP) is 2.83. The number of aliphatic hydroxyl groups excluding tert-OH is 2. The third-order valence-corrected chi connectivity index (χ3v) is 7.07. The average Bonchev–Trinajstić information content (AvgIpc) is 3.16. The highest BCUT2D eigenvalue weighted by Crippen LogP contribution is 2.52. The maximum Gasteiger partial charge on any atom is 0.222 e. The smallest absolute Gasteiger partial charge is 0.222 e. The molecular weight excluding hydrogens is 438 g/mol. The number of nitrogens with zero attached hydrogens (tertiary/aromatic N) is 4. The van der Waals surface area contributed by atoms with E-state index in [-0.39, 0.29) is 19.2 Å². The number of thiazole rings is 1. The topological polar surface area (TPSA) is 121 Å². The third-order valence-electron chi connectivity index (χ3n) is 5.83. The Hall–Kier alpha value is -2.72. The molecule has 1 unspecified atom stereocenters. The number of hydrogen-bond acceptors (Lipinski definition) is 9. The first-order valence-electron chi connectivity index (χ1n) is 9.63. The molecule has 10 heteroatoms. The third kappa shape index (κ3) is 3.16. The molecule has 8 nitrogen and oxygen atoms in total. The number of aliphatic hydroxyl groups is 2. The number of anilines is 3. The normalized spacial score (nSPS) is 22.5. The van der Waals surface area contributed by atoms with E-state index in [9.17, 15) is 10.2 Å². The van der Waals surface area contributed by atoms with E-state index in [0.717, 1.165) is 27.6 Å². The number of epoxide rings is 1. The second-order valence-electron chi connectivity index (χ2n) is 7.84. The van der Waals surface area contributed by atoms with E-state index in [1.54, 1.807) is 17.5 Å². The number of rotatable bonds is 5. The van der Waals surface area contributed by atoms with Crippen LogP contribution < -0.4 is 10.6 Å². The molecule has 3 aromatic rings. The maximum atomic E-state index is 10.1. The lowest BCUT2D eigenvalue weighted by Gasteiger charge is -2.26. The first-order valence-corrected chi connectivity index (χ1v) is 10.9. The molecule has 5 rings (SSSR count). The van der Waals surface area contributed by atoms with Gasteiger partial charge in [0.05, 0.1) is 24.8 Å². The van der Waals surface area contributed by atoms with Crippen LogP contribution in [0.5, 0.6) is 0 Å². The van der Waals surface area contributed by atoms with Crippen LogP contribution in [-0.2, 0) is 15.8 Å². The van der Waals surface area contributed by atoms with Gasteiger partial charge in [-0.3, -0.25) is 0 Å². The monoisotopic (exact) mass is 457 g/mol. The zero-order chi connectivity index (χ0) is 21.8. The summed E-state index contributed by atoms with van der Waals surface area (Å²) in [4.78, 5) is 14.4. The van der Waals surface area contributed by atoms with E-state index in [2.05, 4.69) is 15.0 Å². The Balaban J connectivity index is 1.58. The van der Waals surface area contributed by atoms with Gasteiger partial charge in [-0.25, -0.2) is 9.97 Å². The van der Waals surface area contributed by atoms with Crippen LogP contribution in [0.2, 0.25) is 5.02 Å². The maximum absolute atomic E-state index is 10.1. The molecule has 2 aliphatic heterocycles. The minimum atomic E-state index is -0.852. The Morgan fingerprint density at radius 1 is 1.32 bits per heavy atom. The molecule has 0 radical (unpaired) electrons. The summed E-state index contributed by atoms with van der Waals surface area (Å²) >= 11 is 7.92. The van der Waals surface area contributed by atoms with Crippen molar-refractivity contribution in [2.24, 2.45) is 0 Å². The molecule has 2 aliphatic rings.